The summed E-state index contributed by atoms with van der Waals surface area (Å²) < 4.78 is 26.4. The minimum Gasteiger partial charge on any atom is -0.342 e. The molecule has 26 heavy (non-hydrogen) atoms. The maximum absolute atomic E-state index is 13.3. The molecule has 0 saturated carbocycles. The second-order valence-corrected chi connectivity index (χ2v) is 7.79. The summed E-state index contributed by atoms with van der Waals surface area (Å²) in [7, 11) is 0. The Morgan fingerprint density at radius 1 is 1.12 bits per heavy atom. The zero-order valence-electron chi connectivity index (χ0n) is 15.7. The topological polar surface area (TPSA) is 23.6 Å². The fourth-order valence-electron chi connectivity index (χ4n) is 4.32. The van der Waals surface area contributed by atoms with E-state index in [1.165, 1.54) is 12.1 Å². The van der Waals surface area contributed by atoms with Crippen molar-refractivity contribution in [1.82, 2.24) is 9.80 Å². The quantitative estimate of drug-likeness (QED) is 0.792. The number of hydrogen-bond donors (Lipinski definition) is 0. The molecule has 2 fully saturated rings. The summed E-state index contributed by atoms with van der Waals surface area (Å²) in [6.45, 7) is 6.98. The van der Waals surface area contributed by atoms with Gasteiger partial charge in [0.05, 0.1) is 0 Å². The Balaban J connectivity index is 1.49. The van der Waals surface area contributed by atoms with Crippen molar-refractivity contribution < 1.29 is 13.6 Å². The summed E-state index contributed by atoms with van der Waals surface area (Å²) in [5.41, 5.74) is 0.833. The summed E-state index contributed by atoms with van der Waals surface area (Å²) in [6.07, 6.45) is 5.76. The first-order valence-corrected chi connectivity index (χ1v) is 10.0. The Bertz CT molecular complexity index is 614. The third-order valence-electron chi connectivity index (χ3n) is 6.04. The summed E-state index contributed by atoms with van der Waals surface area (Å²) in [5, 5.41) is 0. The fraction of sp³-hybridized carbons (Fsp3) is 0.667. The lowest BCUT2D eigenvalue weighted by molar-refractivity contribution is -0.139. The van der Waals surface area contributed by atoms with E-state index in [-0.39, 0.29) is 5.92 Å². The van der Waals surface area contributed by atoms with Crippen molar-refractivity contribution in [3.63, 3.8) is 0 Å². The molecule has 1 amide bonds. The monoisotopic (exact) mass is 364 g/mol. The molecule has 0 bridgehead atoms. The SMILES string of the molecule is CCN1CCC(C(=O)N2CCCC(CCc3ccc(F)c(F)c3)C2)CC1. The number of carbonyl (C=O) groups excluding carboxylic acids is 1. The molecule has 1 aromatic carbocycles. The van der Waals surface area contributed by atoms with Crippen molar-refractivity contribution in [3.8, 4) is 0 Å². The van der Waals surface area contributed by atoms with Gasteiger partial charge in [0.1, 0.15) is 0 Å². The molecule has 2 heterocycles. The van der Waals surface area contributed by atoms with Gasteiger partial charge in [0.15, 0.2) is 11.6 Å². The maximum Gasteiger partial charge on any atom is 0.225 e. The molecule has 5 heteroatoms. The van der Waals surface area contributed by atoms with E-state index in [1.807, 2.05) is 0 Å². The van der Waals surface area contributed by atoms with Crippen LogP contribution < -0.4 is 0 Å². The highest BCUT2D eigenvalue weighted by atomic mass is 19.2. The number of nitrogens with zero attached hydrogens (tertiary/aromatic N) is 2. The van der Waals surface area contributed by atoms with Crippen LogP contribution in [0.1, 0.15) is 44.6 Å². The van der Waals surface area contributed by atoms with Gasteiger partial charge in [0, 0.05) is 19.0 Å². The highest BCUT2D eigenvalue weighted by Gasteiger charge is 2.30. The molecule has 144 valence electrons. The molecule has 3 rings (SSSR count). The van der Waals surface area contributed by atoms with Gasteiger partial charge in [-0.2, -0.15) is 0 Å². The van der Waals surface area contributed by atoms with Crippen molar-refractivity contribution in [3.05, 3.63) is 35.4 Å². The molecule has 0 aromatic heterocycles. The summed E-state index contributed by atoms with van der Waals surface area (Å²) >= 11 is 0. The Morgan fingerprint density at radius 3 is 2.58 bits per heavy atom. The number of halogens is 2. The van der Waals surface area contributed by atoms with E-state index in [0.717, 1.165) is 76.8 Å². The van der Waals surface area contributed by atoms with Gasteiger partial charge in [-0.15, -0.1) is 0 Å². The molecule has 0 radical (unpaired) electrons. The van der Waals surface area contributed by atoms with Crippen LogP contribution in [-0.4, -0.2) is 48.4 Å². The number of likely N-dealkylation sites (tertiary alicyclic amines) is 2. The average molecular weight is 364 g/mol. The number of benzene rings is 1. The van der Waals surface area contributed by atoms with Crippen LogP contribution in [0.3, 0.4) is 0 Å². The van der Waals surface area contributed by atoms with E-state index in [4.69, 9.17) is 0 Å². The molecule has 1 unspecified atom stereocenters. The molecular weight excluding hydrogens is 334 g/mol. The van der Waals surface area contributed by atoms with E-state index in [1.54, 1.807) is 6.07 Å². The van der Waals surface area contributed by atoms with Gasteiger partial charge >= 0.3 is 0 Å². The minimum atomic E-state index is -0.794. The first kappa shape index (κ1) is 19.3. The van der Waals surface area contributed by atoms with Crippen LogP contribution in [0.5, 0.6) is 0 Å². The van der Waals surface area contributed by atoms with E-state index in [0.29, 0.717) is 11.8 Å². The van der Waals surface area contributed by atoms with Crippen molar-refractivity contribution in [2.75, 3.05) is 32.7 Å². The predicted octanol–water partition coefficient (Wildman–Crippen LogP) is 3.87. The second kappa shape index (κ2) is 8.94. The van der Waals surface area contributed by atoms with Crippen LogP contribution in [0.15, 0.2) is 18.2 Å². The van der Waals surface area contributed by atoms with Crippen LogP contribution in [0.2, 0.25) is 0 Å². The average Bonchev–Trinajstić information content (AvgIpc) is 2.68. The molecule has 0 N–H and O–H groups in total. The lowest BCUT2D eigenvalue weighted by Crippen LogP contribution is -2.46. The van der Waals surface area contributed by atoms with Gasteiger partial charge in [-0.1, -0.05) is 13.0 Å². The van der Waals surface area contributed by atoms with Crippen LogP contribution in [0.4, 0.5) is 8.78 Å². The molecule has 2 aliphatic heterocycles. The van der Waals surface area contributed by atoms with E-state index in [2.05, 4.69) is 16.7 Å². The largest absolute Gasteiger partial charge is 0.342 e. The molecule has 0 spiro atoms. The van der Waals surface area contributed by atoms with Gasteiger partial charge in [-0.3, -0.25) is 4.79 Å². The van der Waals surface area contributed by atoms with Crippen LogP contribution in [0, 0.1) is 23.5 Å². The smallest absolute Gasteiger partial charge is 0.225 e. The molecular formula is C21H30F2N2O. The van der Waals surface area contributed by atoms with E-state index < -0.39 is 11.6 Å². The van der Waals surface area contributed by atoms with Gasteiger partial charge < -0.3 is 9.80 Å². The maximum atomic E-state index is 13.3. The first-order chi connectivity index (χ1) is 12.6. The van der Waals surface area contributed by atoms with Gasteiger partial charge in [0.2, 0.25) is 5.91 Å². The summed E-state index contributed by atoms with van der Waals surface area (Å²) in [5.74, 6) is -0.601. The molecule has 0 aliphatic carbocycles. The van der Waals surface area contributed by atoms with Crippen LogP contribution in [0.25, 0.3) is 0 Å². The summed E-state index contributed by atoms with van der Waals surface area (Å²) in [6, 6.07) is 4.15. The second-order valence-electron chi connectivity index (χ2n) is 7.79. The molecule has 3 nitrogen and oxygen atoms in total. The van der Waals surface area contributed by atoms with E-state index in [9.17, 15) is 13.6 Å². The molecule has 2 aliphatic rings. The number of rotatable bonds is 5. The highest BCUT2D eigenvalue weighted by Crippen LogP contribution is 2.26. The minimum absolute atomic E-state index is 0.183. The van der Waals surface area contributed by atoms with Crippen molar-refractivity contribution >= 4 is 5.91 Å². The number of amides is 1. The third-order valence-corrected chi connectivity index (χ3v) is 6.04. The van der Waals surface area contributed by atoms with Crippen molar-refractivity contribution in [2.45, 2.75) is 45.4 Å². The standard InChI is InChI=1S/C21H30F2N2O/c1-2-24-12-9-18(10-13-24)21(26)25-11-3-4-17(15-25)6-5-16-7-8-19(22)20(23)14-16/h7-8,14,17-18H,2-6,9-13,15H2,1H3. The molecule has 2 saturated heterocycles. The number of aryl methyl sites for hydroxylation is 1. The Hall–Kier alpha value is -1.49. The van der Waals surface area contributed by atoms with Gasteiger partial charge in [0.25, 0.3) is 0 Å². The number of carbonyl (C=O) groups is 1. The van der Waals surface area contributed by atoms with Crippen molar-refractivity contribution in [2.24, 2.45) is 11.8 Å². The zero-order chi connectivity index (χ0) is 18.5. The fourth-order valence-corrected chi connectivity index (χ4v) is 4.32. The molecule has 1 aromatic rings. The Kier molecular flexibility index (Phi) is 6.63. The molecule has 1 atom stereocenters. The Morgan fingerprint density at radius 2 is 1.88 bits per heavy atom. The van der Waals surface area contributed by atoms with Gasteiger partial charge in [-0.05, 0) is 81.8 Å². The first-order valence-electron chi connectivity index (χ1n) is 10.0. The summed E-state index contributed by atoms with van der Waals surface area (Å²) in [4.78, 5) is 17.3. The Labute approximate surface area is 155 Å². The highest BCUT2D eigenvalue weighted by molar-refractivity contribution is 5.79. The third kappa shape index (κ3) is 4.81. The zero-order valence-corrected chi connectivity index (χ0v) is 15.7. The lowest BCUT2D eigenvalue weighted by Gasteiger charge is -2.37. The van der Waals surface area contributed by atoms with Crippen LogP contribution in [-0.2, 0) is 11.2 Å². The number of piperidine rings is 2. The van der Waals surface area contributed by atoms with Crippen molar-refractivity contribution in [1.29, 1.82) is 0 Å². The normalized spacial score (nSPS) is 22.6. The van der Waals surface area contributed by atoms with E-state index >= 15 is 0 Å². The predicted molar refractivity (Wildman–Crippen MR) is 98.8 cm³/mol. The number of hydrogen-bond acceptors (Lipinski definition) is 2. The lowest BCUT2D eigenvalue weighted by atomic mass is 9.89. The van der Waals surface area contributed by atoms with Crippen LogP contribution >= 0.6 is 0 Å². The van der Waals surface area contributed by atoms with Gasteiger partial charge in [-0.25, -0.2) is 8.78 Å².